The molecule has 0 spiro atoms. The highest BCUT2D eigenvalue weighted by Gasteiger charge is 2.18. The zero-order valence-corrected chi connectivity index (χ0v) is 18.7. The Kier molecular flexibility index (Phi) is 5.77. The third-order valence-corrected chi connectivity index (χ3v) is 5.99. The van der Waals surface area contributed by atoms with E-state index in [4.69, 9.17) is 15.5 Å². The Hall–Kier alpha value is -4.11. The topological polar surface area (TPSA) is 115 Å². The second-order valence-corrected chi connectivity index (χ2v) is 8.60. The van der Waals surface area contributed by atoms with E-state index < -0.39 is 0 Å². The average molecular weight is 456 g/mol. The van der Waals surface area contributed by atoms with E-state index in [2.05, 4.69) is 37.7 Å². The van der Waals surface area contributed by atoms with Gasteiger partial charge >= 0.3 is 0 Å². The minimum absolute atomic E-state index is 0.408. The van der Waals surface area contributed by atoms with Crippen molar-refractivity contribution in [2.75, 3.05) is 5.73 Å². The molecule has 0 aliphatic heterocycles. The van der Waals surface area contributed by atoms with Crippen molar-refractivity contribution in [3.63, 3.8) is 0 Å². The SMILES string of the molecule is Cc1nc(-c2ccccc2)c(Oc2ccnc(N)c2-c2cccc(CCc3nn[nH]n3)c2)s1. The lowest BCUT2D eigenvalue weighted by Crippen LogP contribution is -1.98. The van der Waals surface area contributed by atoms with E-state index in [1.807, 2.05) is 55.5 Å². The van der Waals surface area contributed by atoms with Crippen LogP contribution in [0.3, 0.4) is 0 Å². The Labute approximate surface area is 194 Å². The van der Waals surface area contributed by atoms with Gasteiger partial charge in [0.15, 0.2) is 5.82 Å². The van der Waals surface area contributed by atoms with Crippen LogP contribution in [0.25, 0.3) is 22.4 Å². The van der Waals surface area contributed by atoms with Crippen LogP contribution in [0.2, 0.25) is 0 Å². The van der Waals surface area contributed by atoms with Crippen molar-refractivity contribution in [1.82, 2.24) is 30.6 Å². The summed E-state index contributed by atoms with van der Waals surface area (Å²) in [5.41, 5.74) is 11.0. The summed E-state index contributed by atoms with van der Waals surface area (Å²) in [6, 6.07) is 20.0. The second kappa shape index (κ2) is 9.17. The Morgan fingerprint density at radius 1 is 1.00 bits per heavy atom. The number of hydrogen-bond acceptors (Lipinski definition) is 8. The van der Waals surface area contributed by atoms with Crippen LogP contribution in [-0.4, -0.2) is 30.6 Å². The zero-order chi connectivity index (χ0) is 22.6. The van der Waals surface area contributed by atoms with Crippen LogP contribution in [0.15, 0.2) is 66.9 Å². The molecule has 0 saturated heterocycles. The van der Waals surface area contributed by atoms with E-state index in [9.17, 15) is 0 Å². The number of pyridine rings is 1. The Balaban J connectivity index is 1.48. The number of thiazole rings is 1. The summed E-state index contributed by atoms with van der Waals surface area (Å²) in [7, 11) is 0. The van der Waals surface area contributed by atoms with Crippen molar-refractivity contribution < 1.29 is 4.74 Å². The first-order valence-electron chi connectivity index (χ1n) is 10.4. The molecule has 0 aliphatic carbocycles. The third-order valence-electron chi connectivity index (χ3n) is 5.14. The number of rotatable bonds is 7. The Bertz CT molecular complexity index is 1370. The maximum Gasteiger partial charge on any atom is 0.208 e. The summed E-state index contributed by atoms with van der Waals surface area (Å²) >= 11 is 1.51. The van der Waals surface area contributed by atoms with E-state index >= 15 is 0 Å². The lowest BCUT2D eigenvalue weighted by atomic mass is 10.0. The molecule has 3 heterocycles. The average Bonchev–Trinajstić information content (AvgIpc) is 3.48. The summed E-state index contributed by atoms with van der Waals surface area (Å²) < 4.78 is 6.41. The number of nitrogens with one attached hydrogen (secondary N) is 1. The van der Waals surface area contributed by atoms with Crippen molar-refractivity contribution in [2.24, 2.45) is 0 Å². The minimum atomic E-state index is 0.408. The maximum atomic E-state index is 6.41. The second-order valence-electron chi connectivity index (χ2n) is 7.43. The van der Waals surface area contributed by atoms with Gasteiger partial charge in [-0.25, -0.2) is 9.97 Å². The highest BCUT2D eigenvalue weighted by atomic mass is 32.1. The zero-order valence-electron chi connectivity index (χ0n) is 17.9. The fourth-order valence-corrected chi connectivity index (χ4v) is 4.41. The van der Waals surface area contributed by atoms with Gasteiger partial charge in [0, 0.05) is 18.2 Å². The first kappa shape index (κ1) is 20.8. The number of aryl methyl sites for hydroxylation is 3. The normalized spacial score (nSPS) is 10.9. The highest BCUT2D eigenvalue weighted by molar-refractivity contribution is 7.13. The molecule has 0 fully saturated rings. The van der Waals surface area contributed by atoms with Crippen LogP contribution < -0.4 is 10.5 Å². The fourth-order valence-electron chi connectivity index (χ4n) is 3.62. The Morgan fingerprint density at radius 2 is 1.85 bits per heavy atom. The van der Waals surface area contributed by atoms with Crippen molar-refractivity contribution in [3.05, 3.63) is 83.3 Å². The number of nitrogens with two attached hydrogens (primary N) is 1. The minimum Gasteiger partial charge on any atom is -0.443 e. The van der Waals surface area contributed by atoms with Gasteiger partial charge in [0.1, 0.15) is 17.3 Å². The largest absolute Gasteiger partial charge is 0.443 e. The van der Waals surface area contributed by atoms with E-state index in [0.717, 1.165) is 44.4 Å². The lowest BCUT2D eigenvalue weighted by Gasteiger charge is -2.13. The van der Waals surface area contributed by atoms with Crippen molar-refractivity contribution in [2.45, 2.75) is 19.8 Å². The molecule has 0 saturated carbocycles. The van der Waals surface area contributed by atoms with Gasteiger partial charge in [0.2, 0.25) is 5.06 Å². The molecule has 0 amide bonds. The molecular formula is C24H21N7OS. The van der Waals surface area contributed by atoms with Crippen LogP contribution in [0.1, 0.15) is 16.4 Å². The van der Waals surface area contributed by atoms with Gasteiger partial charge in [-0.2, -0.15) is 5.21 Å². The molecule has 8 nitrogen and oxygen atoms in total. The van der Waals surface area contributed by atoms with E-state index in [1.165, 1.54) is 11.3 Å². The van der Waals surface area contributed by atoms with Gasteiger partial charge in [-0.3, -0.25) is 0 Å². The molecule has 33 heavy (non-hydrogen) atoms. The molecule has 5 aromatic rings. The Morgan fingerprint density at radius 3 is 2.67 bits per heavy atom. The molecule has 0 bridgehead atoms. The van der Waals surface area contributed by atoms with Gasteiger partial charge in [-0.05, 0) is 30.5 Å². The number of benzene rings is 2. The molecule has 0 radical (unpaired) electrons. The van der Waals surface area contributed by atoms with Gasteiger partial charge in [-0.15, -0.1) is 10.2 Å². The van der Waals surface area contributed by atoms with Crippen LogP contribution >= 0.6 is 11.3 Å². The van der Waals surface area contributed by atoms with Crippen molar-refractivity contribution >= 4 is 17.2 Å². The molecule has 0 aliphatic rings. The molecule has 164 valence electrons. The van der Waals surface area contributed by atoms with E-state index in [0.29, 0.717) is 23.8 Å². The molecule has 5 rings (SSSR count). The van der Waals surface area contributed by atoms with Gasteiger partial charge in [-0.1, -0.05) is 71.1 Å². The highest BCUT2D eigenvalue weighted by Crippen LogP contribution is 2.42. The molecule has 0 atom stereocenters. The van der Waals surface area contributed by atoms with Gasteiger partial charge in [0.25, 0.3) is 0 Å². The molecule has 3 aromatic heterocycles. The summed E-state index contributed by atoms with van der Waals surface area (Å²) in [6.07, 6.45) is 3.12. The third kappa shape index (κ3) is 4.58. The summed E-state index contributed by atoms with van der Waals surface area (Å²) in [6.45, 7) is 1.97. The number of aromatic nitrogens is 6. The first-order valence-corrected chi connectivity index (χ1v) is 11.3. The van der Waals surface area contributed by atoms with Crippen LogP contribution in [-0.2, 0) is 12.8 Å². The smallest absolute Gasteiger partial charge is 0.208 e. The van der Waals surface area contributed by atoms with E-state index in [1.54, 1.807) is 6.20 Å². The first-order chi connectivity index (χ1) is 16.2. The van der Waals surface area contributed by atoms with Crippen LogP contribution in [0.5, 0.6) is 10.8 Å². The number of tetrazole rings is 1. The van der Waals surface area contributed by atoms with Crippen LogP contribution in [0, 0.1) is 6.92 Å². The molecule has 0 unspecified atom stereocenters. The fraction of sp³-hybridized carbons (Fsp3) is 0.125. The number of hydrogen-bond donors (Lipinski definition) is 2. The lowest BCUT2D eigenvalue weighted by molar-refractivity contribution is 0.498. The number of nitrogens with zero attached hydrogens (tertiary/aromatic N) is 5. The number of aromatic amines is 1. The predicted octanol–water partition coefficient (Wildman–Crippen LogP) is 4.85. The summed E-state index contributed by atoms with van der Waals surface area (Å²) in [5.74, 6) is 1.73. The quantitative estimate of drug-likeness (QED) is 0.360. The van der Waals surface area contributed by atoms with Crippen molar-refractivity contribution in [3.8, 4) is 33.2 Å². The monoisotopic (exact) mass is 455 g/mol. The number of nitrogen functional groups attached to an aromatic ring is 1. The predicted molar refractivity (Wildman–Crippen MR) is 128 cm³/mol. The molecule has 9 heteroatoms. The van der Waals surface area contributed by atoms with Gasteiger partial charge < -0.3 is 10.5 Å². The van der Waals surface area contributed by atoms with Crippen molar-refractivity contribution in [1.29, 1.82) is 0 Å². The standard InChI is InChI=1S/C24H21N7OS/c1-15-27-22(17-7-3-2-4-8-17)24(33-15)32-19-12-13-26-23(25)21(19)18-9-5-6-16(14-18)10-11-20-28-30-31-29-20/h2-9,12-14H,10-11H2,1H3,(H2,25,26)(H,28,29,30,31). The van der Waals surface area contributed by atoms with E-state index in [-0.39, 0.29) is 0 Å². The number of H-pyrrole nitrogens is 1. The molecule has 2 aromatic carbocycles. The summed E-state index contributed by atoms with van der Waals surface area (Å²) in [5, 5.41) is 15.8. The molecule has 3 N–H and O–H groups in total. The number of anilines is 1. The summed E-state index contributed by atoms with van der Waals surface area (Å²) in [4.78, 5) is 9.00. The van der Waals surface area contributed by atoms with Gasteiger partial charge in [0.05, 0.1) is 10.6 Å². The van der Waals surface area contributed by atoms with Crippen LogP contribution in [0.4, 0.5) is 5.82 Å². The number of ether oxygens (including phenoxy) is 1. The maximum absolute atomic E-state index is 6.41. The molecular weight excluding hydrogens is 434 g/mol.